The minimum absolute atomic E-state index is 0.0377. The number of hydrogen-bond donors (Lipinski definition) is 3. The third-order valence-electron chi connectivity index (χ3n) is 6.29. The fourth-order valence-electron chi connectivity index (χ4n) is 4.07. The first-order valence-electron chi connectivity index (χ1n) is 12.7. The predicted octanol–water partition coefficient (Wildman–Crippen LogP) is 2.41. The molecule has 200 valence electrons. The first-order chi connectivity index (χ1) is 18.2. The zero-order chi connectivity index (χ0) is 27.1. The van der Waals surface area contributed by atoms with Crippen LogP contribution in [-0.2, 0) is 9.59 Å². The molecule has 3 heterocycles. The van der Waals surface area contributed by atoms with Crippen molar-refractivity contribution < 1.29 is 14.4 Å². The van der Waals surface area contributed by atoms with Crippen LogP contribution >= 0.6 is 0 Å². The molecule has 3 aromatic rings. The number of amides is 3. The third-order valence-corrected chi connectivity index (χ3v) is 6.29. The van der Waals surface area contributed by atoms with E-state index in [1.165, 1.54) is 6.33 Å². The van der Waals surface area contributed by atoms with Gasteiger partial charge in [0.15, 0.2) is 5.82 Å². The lowest BCUT2D eigenvalue weighted by Crippen LogP contribution is -2.45. The summed E-state index contributed by atoms with van der Waals surface area (Å²) in [6.07, 6.45) is 6.69. The minimum Gasteiger partial charge on any atom is -0.356 e. The van der Waals surface area contributed by atoms with E-state index in [4.69, 9.17) is 0 Å². The van der Waals surface area contributed by atoms with Crippen molar-refractivity contribution in [3.05, 3.63) is 60.7 Å². The van der Waals surface area contributed by atoms with Crippen molar-refractivity contribution in [2.75, 3.05) is 36.4 Å². The molecule has 38 heavy (non-hydrogen) atoms. The monoisotopic (exact) mass is 518 g/mol. The van der Waals surface area contributed by atoms with Gasteiger partial charge in [-0.15, -0.1) is 0 Å². The smallest absolute Gasteiger partial charge is 0.251 e. The van der Waals surface area contributed by atoms with E-state index in [9.17, 15) is 14.4 Å². The second kappa shape index (κ2) is 11.8. The number of rotatable bonds is 8. The van der Waals surface area contributed by atoms with Gasteiger partial charge in [-0.25, -0.2) is 14.6 Å². The van der Waals surface area contributed by atoms with Crippen LogP contribution in [-0.4, -0.2) is 63.6 Å². The molecule has 1 unspecified atom stereocenters. The molecule has 0 saturated carbocycles. The average molecular weight is 519 g/mol. The number of anilines is 2. The van der Waals surface area contributed by atoms with Crippen LogP contribution in [0.5, 0.6) is 0 Å². The Labute approximate surface area is 222 Å². The van der Waals surface area contributed by atoms with Crippen molar-refractivity contribution >= 4 is 29.2 Å². The van der Waals surface area contributed by atoms with Gasteiger partial charge in [0.25, 0.3) is 5.91 Å². The van der Waals surface area contributed by atoms with E-state index in [2.05, 4.69) is 35.9 Å². The molecular weight excluding hydrogens is 484 g/mol. The quantitative estimate of drug-likeness (QED) is 0.390. The zero-order valence-corrected chi connectivity index (χ0v) is 22.0. The second-order valence-corrected chi connectivity index (χ2v) is 10.3. The van der Waals surface area contributed by atoms with E-state index < -0.39 is 5.41 Å². The third kappa shape index (κ3) is 6.93. The van der Waals surface area contributed by atoms with Crippen molar-refractivity contribution in [2.45, 2.75) is 33.6 Å². The summed E-state index contributed by atoms with van der Waals surface area (Å²) in [6, 6.07) is 10.4. The normalized spacial score (nSPS) is 15.6. The molecule has 11 heteroatoms. The molecule has 0 bridgehead atoms. The van der Waals surface area contributed by atoms with Crippen LogP contribution in [0.15, 0.2) is 55.1 Å². The maximum absolute atomic E-state index is 12.8. The lowest BCUT2D eigenvalue weighted by atomic mass is 9.95. The summed E-state index contributed by atoms with van der Waals surface area (Å²) in [5.41, 5.74) is 0.610. The highest BCUT2D eigenvalue weighted by Crippen LogP contribution is 2.23. The van der Waals surface area contributed by atoms with Gasteiger partial charge in [0.2, 0.25) is 11.8 Å². The fraction of sp³-hybridized carbons (Fsp3) is 0.407. The Balaban J connectivity index is 1.22. The molecule has 1 saturated heterocycles. The molecule has 11 nitrogen and oxygen atoms in total. The van der Waals surface area contributed by atoms with Gasteiger partial charge in [-0.3, -0.25) is 14.4 Å². The van der Waals surface area contributed by atoms with Crippen LogP contribution < -0.4 is 20.9 Å². The molecule has 4 rings (SSSR count). The maximum atomic E-state index is 12.8. The number of nitrogens with one attached hydrogen (secondary N) is 3. The van der Waals surface area contributed by atoms with Crippen molar-refractivity contribution in [2.24, 2.45) is 11.3 Å². The van der Waals surface area contributed by atoms with Crippen molar-refractivity contribution in [3.8, 4) is 5.82 Å². The molecule has 1 aliphatic rings. The standard InChI is InChI=1S/C27H34N8O3/c1-27(2,3)26(38)33-21-9-7-19(8-10-21)24(36)28-12-13-29-25(37)20-6-4-14-34(17-20)22-16-23(31-18-30-22)35-15-5-11-32-35/h5,7-11,15-16,18,20H,4,6,12-14,17H2,1-3H3,(H,28,36)(H,29,37)(H,33,38). The lowest BCUT2D eigenvalue weighted by Gasteiger charge is -2.32. The van der Waals surface area contributed by atoms with E-state index in [0.29, 0.717) is 36.7 Å². The Hall–Kier alpha value is -4.28. The Kier molecular flexibility index (Phi) is 8.35. The van der Waals surface area contributed by atoms with Gasteiger partial charge < -0.3 is 20.9 Å². The van der Waals surface area contributed by atoms with Gasteiger partial charge >= 0.3 is 0 Å². The number of benzene rings is 1. The Morgan fingerprint density at radius 1 is 1.03 bits per heavy atom. The number of hydrogen-bond acceptors (Lipinski definition) is 7. The van der Waals surface area contributed by atoms with Gasteiger partial charge in [-0.2, -0.15) is 5.10 Å². The Bertz CT molecular complexity index is 1250. The number of nitrogens with zero attached hydrogens (tertiary/aromatic N) is 5. The van der Waals surface area contributed by atoms with Crippen molar-refractivity contribution in [3.63, 3.8) is 0 Å². The Morgan fingerprint density at radius 3 is 2.47 bits per heavy atom. The van der Waals surface area contributed by atoms with E-state index in [-0.39, 0.29) is 23.6 Å². The average Bonchev–Trinajstić information content (AvgIpc) is 3.46. The van der Waals surface area contributed by atoms with Gasteiger partial charge in [0.1, 0.15) is 12.1 Å². The SMILES string of the molecule is CC(C)(C)C(=O)Nc1ccc(C(=O)NCCNC(=O)C2CCCN(c3cc(-n4cccn4)ncn3)C2)cc1. The second-order valence-electron chi connectivity index (χ2n) is 10.3. The first kappa shape index (κ1) is 26.8. The summed E-state index contributed by atoms with van der Waals surface area (Å²) in [6.45, 7) is 7.53. The van der Waals surface area contributed by atoms with Crippen LogP contribution in [0.3, 0.4) is 0 Å². The lowest BCUT2D eigenvalue weighted by molar-refractivity contribution is -0.125. The van der Waals surface area contributed by atoms with Crippen LogP contribution in [0.2, 0.25) is 0 Å². The molecule has 1 aliphatic heterocycles. The maximum Gasteiger partial charge on any atom is 0.251 e. The summed E-state index contributed by atoms with van der Waals surface area (Å²) in [7, 11) is 0. The van der Waals surface area contributed by atoms with E-state index in [1.54, 1.807) is 35.1 Å². The molecule has 3 amide bonds. The fourth-order valence-corrected chi connectivity index (χ4v) is 4.07. The number of carbonyl (C=O) groups excluding carboxylic acids is 3. The summed E-state index contributed by atoms with van der Waals surface area (Å²) < 4.78 is 1.67. The zero-order valence-electron chi connectivity index (χ0n) is 22.0. The molecule has 1 atom stereocenters. The molecule has 0 aliphatic carbocycles. The summed E-state index contributed by atoms with van der Waals surface area (Å²) in [5, 5.41) is 12.8. The molecule has 1 aromatic carbocycles. The van der Waals surface area contributed by atoms with Gasteiger partial charge in [-0.05, 0) is 43.2 Å². The molecule has 3 N–H and O–H groups in total. The predicted molar refractivity (Wildman–Crippen MR) is 144 cm³/mol. The highest BCUT2D eigenvalue weighted by Gasteiger charge is 2.27. The highest BCUT2D eigenvalue weighted by atomic mass is 16.2. The highest BCUT2D eigenvalue weighted by molar-refractivity contribution is 5.97. The van der Waals surface area contributed by atoms with Gasteiger partial charge in [0.05, 0.1) is 5.92 Å². The van der Waals surface area contributed by atoms with Crippen LogP contribution in [0, 0.1) is 11.3 Å². The summed E-state index contributed by atoms with van der Waals surface area (Å²) in [4.78, 5) is 48.1. The van der Waals surface area contributed by atoms with Crippen molar-refractivity contribution in [1.82, 2.24) is 30.4 Å². The molecule has 0 spiro atoms. The van der Waals surface area contributed by atoms with Crippen LogP contribution in [0.1, 0.15) is 44.0 Å². The van der Waals surface area contributed by atoms with Gasteiger partial charge in [0, 0.05) is 61.3 Å². The van der Waals surface area contributed by atoms with E-state index in [0.717, 1.165) is 25.2 Å². The number of piperidine rings is 1. The van der Waals surface area contributed by atoms with Crippen LogP contribution in [0.4, 0.5) is 11.5 Å². The van der Waals surface area contributed by atoms with Crippen LogP contribution in [0.25, 0.3) is 5.82 Å². The molecule has 0 radical (unpaired) electrons. The molecular formula is C27H34N8O3. The molecule has 2 aromatic heterocycles. The van der Waals surface area contributed by atoms with Gasteiger partial charge in [-0.1, -0.05) is 20.8 Å². The molecule has 1 fully saturated rings. The number of carbonyl (C=O) groups is 3. The largest absolute Gasteiger partial charge is 0.356 e. The first-order valence-corrected chi connectivity index (χ1v) is 12.7. The topological polar surface area (TPSA) is 134 Å². The van der Waals surface area contributed by atoms with E-state index in [1.807, 2.05) is 39.1 Å². The summed E-state index contributed by atoms with van der Waals surface area (Å²) in [5.74, 6) is 0.893. The Morgan fingerprint density at radius 2 is 1.76 bits per heavy atom. The van der Waals surface area contributed by atoms with Crippen molar-refractivity contribution in [1.29, 1.82) is 0 Å². The minimum atomic E-state index is -0.503. The number of aromatic nitrogens is 4. The summed E-state index contributed by atoms with van der Waals surface area (Å²) >= 11 is 0. The van der Waals surface area contributed by atoms with E-state index >= 15 is 0 Å².